The number of nitro groups is 1. The third kappa shape index (κ3) is 4.34. The van der Waals surface area contributed by atoms with Crippen molar-refractivity contribution in [1.82, 2.24) is 0 Å². The fourth-order valence-electron chi connectivity index (χ4n) is 1.88. The van der Waals surface area contributed by atoms with Crippen molar-refractivity contribution >= 4 is 40.5 Å². The molecule has 0 saturated carbocycles. The summed E-state index contributed by atoms with van der Waals surface area (Å²) < 4.78 is 5.29. The van der Waals surface area contributed by atoms with Gasteiger partial charge in [-0.05, 0) is 30.7 Å². The second kappa shape index (κ2) is 7.30. The van der Waals surface area contributed by atoms with Crippen LogP contribution in [0, 0.1) is 17.0 Å². The Morgan fingerprint density at radius 1 is 1.30 bits per heavy atom. The van der Waals surface area contributed by atoms with Gasteiger partial charge in [0.2, 0.25) is 0 Å². The predicted octanol–water partition coefficient (Wildman–Crippen LogP) is 4.23. The molecule has 1 amide bonds. The lowest BCUT2D eigenvalue weighted by atomic mass is 10.1. The number of ether oxygens (including phenoxy) is 1. The minimum atomic E-state index is -0.556. The Morgan fingerprint density at radius 3 is 2.70 bits per heavy atom. The van der Waals surface area contributed by atoms with Crippen LogP contribution in [0.3, 0.4) is 0 Å². The second-order valence-corrected chi connectivity index (χ2v) is 5.48. The van der Waals surface area contributed by atoms with E-state index in [0.29, 0.717) is 16.3 Å². The number of nitrogens with one attached hydrogen (secondary N) is 1. The summed E-state index contributed by atoms with van der Waals surface area (Å²) in [6.45, 7) is 1.33. The van der Waals surface area contributed by atoms with Gasteiger partial charge in [-0.1, -0.05) is 35.3 Å². The summed E-state index contributed by atoms with van der Waals surface area (Å²) in [5, 5.41) is 14.2. The maximum Gasteiger partial charge on any atom is 0.293 e. The first-order valence-corrected chi connectivity index (χ1v) is 7.26. The van der Waals surface area contributed by atoms with Gasteiger partial charge in [0.25, 0.3) is 11.6 Å². The number of carbonyl (C=O) groups is 1. The highest BCUT2D eigenvalue weighted by Gasteiger charge is 2.18. The van der Waals surface area contributed by atoms with Crippen molar-refractivity contribution in [2.45, 2.75) is 6.92 Å². The number of hydrogen-bond acceptors (Lipinski definition) is 4. The van der Waals surface area contributed by atoms with Crippen LogP contribution in [0.2, 0.25) is 10.0 Å². The Bertz CT molecular complexity index is 765. The lowest BCUT2D eigenvalue weighted by Crippen LogP contribution is -2.21. The van der Waals surface area contributed by atoms with Crippen molar-refractivity contribution in [2.24, 2.45) is 0 Å². The zero-order chi connectivity index (χ0) is 17.0. The third-order valence-electron chi connectivity index (χ3n) is 2.96. The normalized spacial score (nSPS) is 10.2. The van der Waals surface area contributed by atoms with Crippen molar-refractivity contribution in [3.8, 4) is 5.75 Å². The highest BCUT2D eigenvalue weighted by atomic mass is 35.5. The molecule has 120 valence electrons. The van der Waals surface area contributed by atoms with Gasteiger partial charge in [0.15, 0.2) is 6.61 Å². The lowest BCUT2D eigenvalue weighted by Gasteiger charge is -2.10. The molecular weight excluding hydrogens is 343 g/mol. The van der Waals surface area contributed by atoms with Crippen LogP contribution in [-0.2, 0) is 4.79 Å². The van der Waals surface area contributed by atoms with E-state index < -0.39 is 10.8 Å². The lowest BCUT2D eigenvalue weighted by molar-refractivity contribution is -0.384. The molecule has 2 aromatic carbocycles. The molecule has 0 fully saturated rings. The molecule has 8 heteroatoms. The van der Waals surface area contributed by atoms with Crippen LogP contribution in [0.1, 0.15) is 5.56 Å². The molecule has 1 N–H and O–H groups in total. The highest BCUT2D eigenvalue weighted by Crippen LogP contribution is 2.29. The minimum absolute atomic E-state index is 0.147. The number of carbonyl (C=O) groups excluding carboxylic acids is 1. The van der Waals surface area contributed by atoms with Crippen molar-refractivity contribution in [2.75, 3.05) is 11.9 Å². The Kier molecular flexibility index (Phi) is 5.41. The first-order chi connectivity index (χ1) is 10.9. The number of rotatable bonds is 5. The van der Waals surface area contributed by atoms with E-state index >= 15 is 0 Å². The molecule has 6 nitrogen and oxygen atoms in total. The van der Waals surface area contributed by atoms with E-state index in [-0.39, 0.29) is 23.0 Å². The average Bonchev–Trinajstić information content (AvgIpc) is 2.48. The van der Waals surface area contributed by atoms with Crippen molar-refractivity contribution < 1.29 is 14.5 Å². The van der Waals surface area contributed by atoms with Gasteiger partial charge in [-0.15, -0.1) is 0 Å². The molecule has 0 radical (unpaired) electrons. The second-order valence-electron chi connectivity index (χ2n) is 4.64. The smallest absolute Gasteiger partial charge is 0.293 e. The molecule has 0 saturated heterocycles. The SMILES string of the molecule is Cc1cccc([N+](=O)[O-])c1NC(=O)COc1ccc(Cl)cc1Cl. The molecule has 23 heavy (non-hydrogen) atoms. The number of nitrogens with zero attached hydrogens (tertiary/aromatic N) is 1. The van der Waals surface area contributed by atoms with Gasteiger partial charge >= 0.3 is 0 Å². The molecule has 2 rings (SSSR count). The quantitative estimate of drug-likeness (QED) is 0.643. The molecule has 0 heterocycles. The van der Waals surface area contributed by atoms with Gasteiger partial charge < -0.3 is 10.1 Å². The first kappa shape index (κ1) is 17.1. The molecular formula is C15H12Cl2N2O4. The Labute approximate surface area is 142 Å². The van der Waals surface area contributed by atoms with Gasteiger partial charge in [0, 0.05) is 11.1 Å². The first-order valence-electron chi connectivity index (χ1n) is 6.50. The topological polar surface area (TPSA) is 81.5 Å². The number of hydrogen-bond donors (Lipinski definition) is 1. The number of anilines is 1. The molecule has 0 aromatic heterocycles. The van der Waals surface area contributed by atoms with Crippen LogP contribution in [0.5, 0.6) is 5.75 Å². The number of amides is 1. The molecule has 0 aliphatic carbocycles. The fraction of sp³-hybridized carbons (Fsp3) is 0.133. The van der Waals surface area contributed by atoms with E-state index in [4.69, 9.17) is 27.9 Å². The molecule has 0 aliphatic heterocycles. The van der Waals surface area contributed by atoms with E-state index in [1.807, 2.05) is 0 Å². The van der Waals surface area contributed by atoms with E-state index in [9.17, 15) is 14.9 Å². The highest BCUT2D eigenvalue weighted by molar-refractivity contribution is 6.35. The zero-order valence-corrected chi connectivity index (χ0v) is 13.5. The summed E-state index contributed by atoms with van der Waals surface area (Å²) in [6, 6.07) is 9.13. The van der Waals surface area contributed by atoms with Crippen LogP contribution >= 0.6 is 23.2 Å². The third-order valence-corrected chi connectivity index (χ3v) is 3.50. The van der Waals surface area contributed by atoms with Crippen molar-refractivity contribution in [3.63, 3.8) is 0 Å². The van der Waals surface area contributed by atoms with E-state index in [1.54, 1.807) is 25.1 Å². The standard InChI is InChI=1S/C15H12Cl2N2O4/c1-9-3-2-4-12(19(21)22)15(9)18-14(20)8-23-13-6-5-10(16)7-11(13)17/h2-7H,8H2,1H3,(H,18,20). The Morgan fingerprint density at radius 2 is 2.04 bits per heavy atom. The van der Waals surface area contributed by atoms with E-state index in [0.717, 1.165) is 0 Å². The Hall–Kier alpha value is -2.31. The molecule has 0 unspecified atom stereocenters. The van der Waals surface area contributed by atoms with Gasteiger partial charge in [0.1, 0.15) is 11.4 Å². The minimum Gasteiger partial charge on any atom is -0.482 e. The summed E-state index contributed by atoms with van der Waals surface area (Å²) in [7, 11) is 0. The van der Waals surface area contributed by atoms with E-state index in [2.05, 4.69) is 5.32 Å². The summed E-state index contributed by atoms with van der Waals surface area (Å²) in [5.41, 5.74) is 0.549. The predicted molar refractivity (Wildman–Crippen MR) is 88.4 cm³/mol. The maximum atomic E-state index is 12.0. The molecule has 0 bridgehead atoms. The number of para-hydroxylation sites is 1. The van der Waals surface area contributed by atoms with Crippen LogP contribution in [0.15, 0.2) is 36.4 Å². The molecule has 0 aliphatic rings. The number of benzene rings is 2. The van der Waals surface area contributed by atoms with Crippen LogP contribution in [0.4, 0.5) is 11.4 Å². The molecule has 2 aromatic rings. The summed E-state index contributed by atoms with van der Waals surface area (Å²) in [6.07, 6.45) is 0. The summed E-state index contributed by atoms with van der Waals surface area (Å²) >= 11 is 11.7. The Balaban J connectivity index is 2.07. The number of halogens is 2. The molecule has 0 atom stereocenters. The fourth-order valence-corrected chi connectivity index (χ4v) is 2.34. The summed E-state index contributed by atoms with van der Waals surface area (Å²) in [4.78, 5) is 22.4. The van der Waals surface area contributed by atoms with E-state index in [1.165, 1.54) is 18.2 Å². The number of nitro benzene ring substituents is 1. The zero-order valence-electron chi connectivity index (χ0n) is 12.0. The average molecular weight is 355 g/mol. The molecule has 0 spiro atoms. The van der Waals surface area contributed by atoms with Gasteiger partial charge in [-0.25, -0.2) is 0 Å². The largest absolute Gasteiger partial charge is 0.482 e. The van der Waals surface area contributed by atoms with Crippen molar-refractivity contribution in [1.29, 1.82) is 0 Å². The number of aryl methyl sites for hydroxylation is 1. The van der Waals surface area contributed by atoms with Crippen LogP contribution < -0.4 is 10.1 Å². The van der Waals surface area contributed by atoms with Gasteiger partial charge in [-0.2, -0.15) is 0 Å². The van der Waals surface area contributed by atoms with Crippen LogP contribution in [0.25, 0.3) is 0 Å². The van der Waals surface area contributed by atoms with Crippen LogP contribution in [-0.4, -0.2) is 17.4 Å². The van der Waals surface area contributed by atoms with Gasteiger partial charge in [-0.3, -0.25) is 14.9 Å². The maximum absolute atomic E-state index is 12.0. The monoisotopic (exact) mass is 354 g/mol. The van der Waals surface area contributed by atoms with Gasteiger partial charge in [0.05, 0.1) is 9.95 Å². The summed E-state index contributed by atoms with van der Waals surface area (Å²) in [5.74, 6) is -0.237. The van der Waals surface area contributed by atoms with Crippen molar-refractivity contribution in [3.05, 3.63) is 62.1 Å².